The first-order valence-corrected chi connectivity index (χ1v) is 6.62. The van der Waals surface area contributed by atoms with Crippen molar-refractivity contribution in [1.29, 1.82) is 0 Å². The van der Waals surface area contributed by atoms with Crippen LogP contribution in [0.2, 0.25) is 0 Å². The number of carboxylic acids is 2. The van der Waals surface area contributed by atoms with E-state index in [-0.39, 0.29) is 12.8 Å². The van der Waals surface area contributed by atoms with Crippen molar-refractivity contribution in [1.82, 2.24) is 5.32 Å². The average molecular weight is 344 g/mol. The second-order valence-corrected chi connectivity index (χ2v) is 5.11. The molecule has 3 N–H and O–H groups in total. The van der Waals surface area contributed by atoms with E-state index in [4.69, 9.17) is 10.2 Å². The summed E-state index contributed by atoms with van der Waals surface area (Å²) in [4.78, 5) is 33.4. The van der Waals surface area contributed by atoms with Gasteiger partial charge in [0.2, 0.25) is 0 Å². The number of rotatable bonds is 6. The molecule has 0 aliphatic heterocycles. The van der Waals surface area contributed by atoms with Gasteiger partial charge in [0.1, 0.15) is 6.04 Å². The van der Waals surface area contributed by atoms with Crippen LogP contribution in [0.3, 0.4) is 0 Å². The van der Waals surface area contributed by atoms with Crippen LogP contribution in [0, 0.1) is 6.92 Å². The molecule has 0 saturated heterocycles. The summed E-state index contributed by atoms with van der Waals surface area (Å²) in [7, 11) is 0. The summed E-state index contributed by atoms with van der Waals surface area (Å²) in [5.74, 6) is -2.92. The predicted molar refractivity (Wildman–Crippen MR) is 74.6 cm³/mol. The van der Waals surface area contributed by atoms with Gasteiger partial charge in [0.05, 0.1) is 0 Å². The smallest absolute Gasteiger partial charge is 0.326 e. The highest BCUT2D eigenvalue weighted by Gasteiger charge is 2.21. The quantitative estimate of drug-likeness (QED) is 0.730. The first-order valence-electron chi connectivity index (χ1n) is 5.83. The largest absolute Gasteiger partial charge is 0.481 e. The number of benzene rings is 1. The fraction of sp³-hybridized carbons (Fsp3) is 0.308. The van der Waals surface area contributed by atoms with Crippen LogP contribution in [-0.4, -0.2) is 34.1 Å². The molecule has 0 aliphatic carbocycles. The maximum absolute atomic E-state index is 11.9. The van der Waals surface area contributed by atoms with Crippen molar-refractivity contribution in [3.05, 3.63) is 33.8 Å². The van der Waals surface area contributed by atoms with E-state index in [0.717, 1.165) is 10.0 Å². The van der Waals surface area contributed by atoms with E-state index < -0.39 is 23.9 Å². The molecular weight excluding hydrogens is 330 g/mol. The van der Waals surface area contributed by atoms with Gasteiger partial charge in [0.15, 0.2) is 0 Å². The lowest BCUT2D eigenvalue weighted by Crippen LogP contribution is -2.41. The number of aliphatic carboxylic acids is 2. The molecule has 0 aliphatic rings. The van der Waals surface area contributed by atoms with E-state index >= 15 is 0 Å². The Hall–Kier alpha value is -1.89. The van der Waals surface area contributed by atoms with Crippen molar-refractivity contribution in [2.75, 3.05) is 0 Å². The predicted octanol–water partition coefficient (Wildman–Crippen LogP) is 1.81. The van der Waals surface area contributed by atoms with Crippen LogP contribution in [0.5, 0.6) is 0 Å². The standard InChI is InChI=1S/C13H14BrNO5/c1-7-2-3-8(6-9(7)14)12(18)15-10(13(19)20)4-5-11(16)17/h2-3,6,10H,4-5H2,1H3,(H,15,18)(H,16,17)(H,19,20). The number of hydrogen-bond donors (Lipinski definition) is 3. The number of carbonyl (C=O) groups is 3. The van der Waals surface area contributed by atoms with Gasteiger partial charge < -0.3 is 15.5 Å². The van der Waals surface area contributed by atoms with Gasteiger partial charge in [-0.05, 0) is 31.0 Å². The Morgan fingerprint density at radius 1 is 1.30 bits per heavy atom. The zero-order chi connectivity index (χ0) is 15.3. The molecule has 0 bridgehead atoms. The van der Waals surface area contributed by atoms with Crippen LogP contribution in [-0.2, 0) is 9.59 Å². The number of carboxylic acid groups (broad SMARTS) is 2. The lowest BCUT2D eigenvalue weighted by molar-refractivity contribution is -0.140. The zero-order valence-corrected chi connectivity index (χ0v) is 12.3. The Morgan fingerprint density at radius 3 is 2.45 bits per heavy atom. The minimum absolute atomic E-state index is 0.163. The minimum atomic E-state index is -1.26. The lowest BCUT2D eigenvalue weighted by Gasteiger charge is -2.14. The maximum Gasteiger partial charge on any atom is 0.326 e. The molecule has 1 amide bonds. The third kappa shape index (κ3) is 4.65. The van der Waals surface area contributed by atoms with Crippen LogP contribution >= 0.6 is 15.9 Å². The summed E-state index contributed by atoms with van der Waals surface area (Å²) in [6.45, 7) is 1.86. The van der Waals surface area contributed by atoms with E-state index in [1.807, 2.05) is 6.92 Å². The topological polar surface area (TPSA) is 104 Å². The number of halogens is 1. The molecule has 1 unspecified atom stereocenters. The normalized spacial score (nSPS) is 11.7. The Balaban J connectivity index is 2.77. The molecular formula is C13H14BrNO5. The number of nitrogens with one attached hydrogen (secondary N) is 1. The maximum atomic E-state index is 11.9. The second-order valence-electron chi connectivity index (χ2n) is 4.26. The zero-order valence-electron chi connectivity index (χ0n) is 10.7. The van der Waals surface area contributed by atoms with Crippen molar-refractivity contribution in [3.63, 3.8) is 0 Å². The van der Waals surface area contributed by atoms with Crippen LogP contribution in [0.25, 0.3) is 0 Å². The van der Waals surface area contributed by atoms with E-state index in [0.29, 0.717) is 5.56 Å². The van der Waals surface area contributed by atoms with Crippen LogP contribution in [0.4, 0.5) is 0 Å². The van der Waals surface area contributed by atoms with E-state index in [1.54, 1.807) is 18.2 Å². The SMILES string of the molecule is Cc1ccc(C(=O)NC(CCC(=O)O)C(=O)O)cc1Br. The number of aryl methyl sites for hydroxylation is 1. The Kier molecular flexibility index (Phi) is 5.69. The highest BCUT2D eigenvalue weighted by Crippen LogP contribution is 2.17. The highest BCUT2D eigenvalue weighted by atomic mass is 79.9. The Morgan fingerprint density at radius 2 is 1.95 bits per heavy atom. The summed E-state index contributed by atoms with van der Waals surface area (Å²) >= 11 is 3.29. The number of amides is 1. The fourth-order valence-electron chi connectivity index (χ4n) is 1.50. The Labute approximate surface area is 123 Å². The minimum Gasteiger partial charge on any atom is -0.481 e. The Bertz CT molecular complexity index is 544. The van der Waals surface area contributed by atoms with Gasteiger partial charge in [-0.2, -0.15) is 0 Å². The van der Waals surface area contributed by atoms with Gasteiger partial charge in [0, 0.05) is 16.5 Å². The number of carbonyl (C=O) groups excluding carboxylic acids is 1. The monoisotopic (exact) mass is 343 g/mol. The molecule has 108 valence electrons. The second kappa shape index (κ2) is 7.04. The molecule has 0 saturated carbocycles. The van der Waals surface area contributed by atoms with Gasteiger partial charge >= 0.3 is 11.9 Å². The van der Waals surface area contributed by atoms with Crippen molar-refractivity contribution in [2.45, 2.75) is 25.8 Å². The van der Waals surface area contributed by atoms with Gasteiger partial charge in [-0.3, -0.25) is 9.59 Å². The molecule has 6 nitrogen and oxygen atoms in total. The van der Waals surface area contributed by atoms with Gasteiger partial charge in [-0.25, -0.2) is 4.79 Å². The molecule has 0 aromatic heterocycles. The van der Waals surface area contributed by atoms with Crippen molar-refractivity contribution < 1.29 is 24.6 Å². The fourth-order valence-corrected chi connectivity index (χ4v) is 1.88. The molecule has 20 heavy (non-hydrogen) atoms. The molecule has 1 atom stereocenters. The lowest BCUT2D eigenvalue weighted by atomic mass is 10.1. The van der Waals surface area contributed by atoms with Crippen LogP contribution < -0.4 is 5.32 Å². The molecule has 0 radical (unpaired) electrons. The summed E-state index contributed by atoms with van der Waals surface area (Å²) < 4.78 is 0.738. The van der Waals surface area contributed by atoms with Crippen molar-refractivity contribution >= 4 is 33.8 Å². The average Bonchev–Trinajstić information content (AvgIpc) is 2.36. The van der Waals surface area contributed by atoms with Gasteiger partial charge in [-0.1, -0.05) is 22.0 Å². The van der Waals surface area contributed by atoms with Crippen LogP contribution in [0.15, 0.2) is 22.7 Å². The summed E-state index contributed by atoms with van der Waals surface area (Å²) in [6.07, 6.45) is -0.488. The van der Waals surface area contributed by atoms with E-state index in [1.165, 1.54) is 0 Å². The first kappa shape index (κ1) is 16.2. The third-order valence-electron chi connectivity index (χ3n) is 2.68. The number of hydrogen-bond acceptors (Lipinski definition) is 3. The van der Waals surface area contributed by atoms with Gasteiger partial charge in [-0.15, -0.1) is 0 Å². The summed E-state index contributed by atoms with van der Waals surface area (Å²) in [6, 6.07) is 3.66. The van der Waals surface area contributed by atoms with E-state index in [9.17, 15) is 14.4 Å². The molecule has 0 heterocycles. The highest BCUT2D eigenvalue weighted by molar-refractivity contribution is 9.10. The molecule has 7 heteroatoms. The van der Waals surface area contributed by atoms with E-state index in [2.05, 4.69) is 21.2 Å². The molecule has 1 aromatic carbocycles. The van der Waals surface area contributed by atoms with Crippen molar-refractivity contribution in [3.8, 4) is 0 Å². The van der Waals surface area contributed by atoms with Gasteiger partial charge in [0.25, 0.3) is 5.91 Å². The first-order chi connectivity index (χ1) is 9.31. The molecule has 1 aromatic rings. The molecule has 1 rings (SSSR count). The molecule has 0 spiro atoms. The summed E-state index contributed by atoms with van der Waals surface area (Å²) in [5.41, 5.74) is 1.26. The molecule has 0 fully saturated rings. The van der Waals surface area contributed by atoms with Crippen LogP contribution in [0.1, 0.15) is 28.8 Å². The summed E-state index contributed by atoms with van der Waals surface area (Å²) in [5, 5.41) is 19.8. The van der Waals surface area contributed by atoms with Crippen molar-refractivity contribution in [2.24, 2.45) is 0 Å². The third-order valence-corrected chi connectivity index (χ3v) is 3.54.